The second-order valence-electron chi connectivity index (χ2n) is 4.88. The van der Waals surface area contributed by atoms with Crippen molar-refractivity contribution >= 4 is 39.3 Å². The molecule has 5 heteroatoms. The lowest BCUT2D eigenvalue weighted by Crippen LogP contribution is -2.13. The summed E-state index contributed by atoms with van der Waals surface area (Å²) in [4.78, 5) is 13.4. The zero-order chi connectivity index (χ0) is 14.8. The van der Waals surface area contributed by atoms with Gasteiger partial charge in [-0.1, -0.05) is 18.2 Å². The Morgan fingerprint density at radius 2 is 2.14 bits per heavy atom. The number of carbonyl (C=O) groups excluding carboxylic acids is 1. The van der Waals surface area contributed by atoms with Gasteiger partial charge in [0.05, 0.1) is 12.2 Å². The van der Waals surface area contributed by atoms with Crippen LogP contribution in [-0.4, -0.2) is 18.3 Å². The van der Waals surface area contributed by atoms with E-state index in [9.17, 15) is 4.79 Å². The van der Waals surface area contributed by atoms with Gasteiger partial charge in [-0.3, -0.25) is 0 Å². The summed E-state index contributed by atoms with van der Waals surface area (Å²) in [5.74, 6) is 0.890. The van der Waals surface area contributed by atoms with Crippen molar-refractivity contribution in [1.29, 1.82) is 0 Å². The maximum absolute atomic E-state index is 12.1. The van der Waals surface area contributed by atoms with Crippen LogP contribution in [0.15, 0.2) is 51.8 Å². The Morgan fingerprint density at radius 3 is 2.95 bits per heavy atom. The lowest BCUT2D eigenvalue weighted by atomic mass is 10.0. The van der Waals surface area contributed by atoms with Gasteiger partial charge < -0.3 is 10.5 Å². The fraction of sp³-hybridized carbons (Fsp3) is 0.188. The lowest BCUT2D eigenvalue weighted by molar-refractivity contribution is 0.0487. The molecule has 2 aromatic carbocycles. The molecular formula is C16H14BrNO2S. The van der Waals surface area contributed by atoms with Gasteiger partial charge in [0, 0.05) is 26.7 Å². The minimum Gasteiger partial charge on any atom is -0.461 e. The Kier molecular flexibility index (Phi) is 4.22. The number of fused-ring (bicyclic) bond motifs is 1. The zero-order valence-electron chi connectivity index (χ0n) is 11.2. The second kappa shape index (κ2) is 6.12. The van der Waals surface area contributed by atoms with Gasteiger partial charge in [0.1, 0.15) is 0 Å². The normalized spacial score (nSPS) is 16.5. The molecule has 0 radical (unpaired) electrons. The SMILES string of the molecule is Nc1cc(C(=O)OCC2CSc3ccccc32)ccc1Br. The van der Waals surface area contributed by atoms with Crippen molar-refractivity contribution in [2.75, 3.05) is 18.1 Å². The van der Waals surface area contributed by atoms with Crippen LogP contribution in [0.25, 0.3) is 0 Å². The number of hydrogen-bond acceptors (Lipinski definition) is 4. The van der Waals surface area contributed by atoms with E-state index in [1.54, 1.807) is 18.2 Å². The molecule has 1 unspecified atom stereocenters. The minimum atomic E-state index is -0.330. The van der Waals surface area contributed by atoms with Gasteiger partial charge in [-0.15, -0.1) is 11.8 Å². The van der Waals surface area contributed by atoms with Crippen molar-refractivity contribution in [2.24, 2.45) is 0 Å². The summed E-state index contributed by atoms with van der Waals surface area (Å²) in [6.07, 6.45) is 0. The van der Waals surface area contributed by atoms with Gasteiger partial charge in [-0.2, -0.15) is 0 Å². The maximum atomic E-state index is 12.1. The number of nitrogens with two attached hydrogens (primary N) is 1. The summed E-state index contributed by atoms with van der Waals surface area (Å²) in [7, 11) is 0. The molecule has 1 heterocycles. The van der Waals surface area contributed by atoms with Gasteiger partial charge >= 0.3 is 5.97 Å². The predicted octanol–water partition coefficient (Wildman–Crippen LogP) is 4.08. The third kappa shape index (κ3) is 3.09. The molecule has 1 aliphatic rings. The van der Waals surface area contributed by atoms with Crippen LogP contribution in [0.5, 0.6) is 0 Å². The van der Waals surface area contributed by atoms with Crippen molar-refractivity contribution in [3.63, 3.8) is 0 Å². The highest BCUT2D eigenvalue weighted by molar-refractivity contribution is 9.10. The van der Waals surface area contributed by atoms with Crippen molar-refractivity contribution in [2.45, 2.75) is 10.8 Å². The number of esters is 1. The number of ether oxygens (including phenoxy) is 1. The second-order valence-corrected chi connectivity index (χ2v) is 6.80. The van der Waals surface area contributed by atoms with E-state index in [1.165, 1.54) is 10.5 Å². The number of carbonyl (C=O) groups is 1. The summed E-state index contributed by atoms with van der Waals surface area (Å²) in [6, 6.07) is 13.4. The van der Waals surface area contributed by atoms with E-state index in [4.69, 9.17) is 10.5 Å². The topological polar surface area (TPSA) is 52.3 Å². The summed E-state index contributed by atoms with van der Waals surface area (Å²) >= 11 is 5.12. The molecule has 1 atom stereocenters. The third-order valence-corrected chi connectivity index (χ3v) is 5.42. The molecule has 2 N–H and O–H groups in total. The third-order valence-electron chi connectivity index (χ3n) is 3.45. The van der Waals surface area contributed by atoms with Crippen LogP contribution >= 0.6 is 27.7 Å². The van der Waals surface area contributed by atoms with E-state index < -0.39 is 0 Å². The molecule has 0 aromatic heterocycles. The van der Waals surface area contributed by atoms with E-state index in [-0.39, 0.29) is 11.9 Å². The first-order chi connectivity index (χ1) is 10.1. The van der Waals surface area contributed by atoms with Crippen LogP contribution in [0.2, 0.25) is 0 Å². The van der Waals surface area contributed by atoms with Crippen LogP contribution in [0, 0.1) is 0 Å². The number of anilines is 1. The molecule has 3 rings (SSSR count). The van der Waals surface area contributed by atoms with Gasteiger partial charge in [0.15, 0.2) is 0 Å². The Bertz CT molecular complexity index is 690. The molecule has 0 bridgehead atoms. The molecule has 1 aliphatic heterocycles. The Labute approximate surface area is 136 Å². The quantitative estimate of drug-likeness (QED) is 0.659. The van der Waals surface area contributed by atoms with E-state index in [0.29, 0.717) is 17.9 Å². The molecule has 0 saturated carbocycles. The van der Waals surface area contributed by atoms with Crippen molar-refractivity contribution in [3.8, 4) is 0 Å². The van der Waals surface area contributed by atoms with Gasteiger partial charge in [0.25, 0.3) is 0 Å². The summed E-state index contributed by atoms with van der Waals surface area (Å²) in [5.41, 5.74) is 8.07. The van der Waals surface area contributed by atoms with E-state index in [2.05, 4.69) is 28.1 Å². The monoisotopic (exact) mass is 363 g/mol. The van der Waals surface area contributed by atoms with Gasteiger partial charge in [-0.25, -0.2) is 4.79 Å². The molecule has 2 aromatic rings. The lowest BCUT2D eigenvalue weighted by Gasteiger charge is -2.12. The molecule has 0 aliphatic carbocycles. The predicted molar refractivity (Wildman–Crippen MR) is 88.7 cm³/mol. The van der Waals surface area contributed by atoms with Crippen LogP contribution in [0.1, 0.15) is 21.8 Å². The smallest absolute Gasteiger partial charge is 0.338 e. The molecule has 0 spiro atoms. The molecule has 108 valence electrons. The minimum absolute atomic E-state index is 0.267. The highest BCUT2D eigenvalue weighted by Crippen LogP contribution is 2.39. The van der Waals surface area contributed by atoms with Gasteiger partial charge in [-0.05, 0) is 45.8 Å². The van der Waals surface area contributed by atoms with Crippen LogP contribution in [-0.2, 0) is 4.74 Å². The Hall–Kier alpha value is -1.46. The highest BCUT2D eigenvalue weighted by atomic mass is 79.9. The number of thioether (sulfide) groups is 1. The van der Waals surface area contributed by atoms with Crippen LogP contribution in [0.3, 0.4) is 0 Å². The fourth-order valence-electron chi connectivity index (χ4n) is 2.30. The van der Waals surface area contributed by atoms with Gasteiger partial charge in [0.2, 0.25) is 0 Å². The number of hydrogen-bond donors (Lipinski definition) is 1. The maximum Gasteiger partial charge on any atom is 0.338 e. The summed E-state index contributed by atoms with van der Waals surface area (Å²) < 4.78 is 6.22. The summed E-state index contributed by atoms with van der Waals surface area (Å²) in [6.45, 7) is 0.402. The number of benzene rings is 2. The van der Waals surface area contributed by atoms with E-state index >= 15 is 0 Å². The van der Waals surface area contributed by atoms with Crippen molar-refractivity contribution in [3.05, 3.63) is 58.1 Å². The highest BCUT2D eigenvalue weighted by Gasteiger charge is 2.24. The largest absolute Gasteiger partial charge is 0.461 e. The van der Waals surface area contributed by atoms with Crippen molar-refractivity contribution < 1.29 is 9.53 Å². The van der Waals surface area contributed by atoms with Crippen LogP contribution in [0.4, 0.5) is 5.69 Å². The molecule has 21 heavy (non-hydrogen) atoms. The zero-order valence-corrected chi connectivity index (χ0v) is 13.6. The van der Waals surface area contributed by atoms with E-state index in [0.717, 1.165) is 10.2 Å². The first kappa shape index (κ1) is 14.5. The standard InChI is InChI=1S/C16H14BrNO2S/c17-13-6-5-10(7-14(13)18)16(19)20-8-11-9-21-15-4-2-1-3-12(11)15/h1-7,11H,8-9,18H2. The fourth-order valence-corrected chi connectivity index (χ4v) is 3.78. The molecular weight excluding hydrogens is 350 g/mol. The number of nitrogen functional groups attached to an aromatic ring is 1. The molecule has 0 saturated heterocycles. The summed E-state index contributed by atoms with van der Waals surface area (Å²) in [5, 5.41) is 0. The van der Waals surface area contributed by atoms with Crippen molar-refractivity contribution in [1.82, 2.24) is 0 Å². The number of halogens is 1. The average Bonchev–Trinajstić information content (AvgIpc) is 2.91. The molecule has 0 fully saturated rings. The molecule has 0 amide bonds. The van der Waals surface area contributed by atoms with Crippen LogP contribution < -0.4 is 5.73 Å². The van der Waals surface area contributed by atoms with E-state index in [1.807, 2.05) is 23.9 Å². The molecule has 3 nitrogen and oxygen atoms in total. The Morgan fingerprint density at radius 1 is 1.33 bits per heavy atom. The average molecular weight is 364 g/mol. The Balaban J connectivity index is 1.66. The number of rotatable bonds is 3. The first-order valence-electron chi connectivity index (χ1n) is 6.59. The first-order valence-corrected chi connectivity index (χ1v) is 8.37.